The van der Waals surface area contributed by atoms with Crippen molar-refractivity contribution in [3.8, 4) is 0 Å². The maximum atomic E-state index is 12.6. The first kappa shape index (κ1) is 19.9. The molecular formula is C19H18N4O3S3. The van der Waals surface area contributed by atoms with Crippen molar-refractivity contribution in [2.45, 2.75) is 27.8 Å². The molecule has 0 saturated carbocycles. The summed E-state index contributed by atoms with van der Waals surface area (Å²) >= 11 is 2.70. The van der Waals surface area contributed by atoms with Crippen molar-refractivity contribution in [2.75, 3.05) is 16.2 Å². The number of benzene rings is 2. The van der Waals surface area contributed by atoms with Crippen molar-refractivity contribution in [1.29, 1.82) is 0 Å². The molecule has 0 atom stereocenters. The highest BCUT2D eigenvalue weighted by Crippen LogP contribution is 2.30. The van der Waals surface area contributed by atoms with Crippen molar-refractivity contribution in [2.24, 2.45) is 0 Å². The summed E-state index contributed by atoms with van der Waals surface area (Å²) in [5.74, 6) is 0.798. The zero-order chi connectivity index (χ0) is 20.3. The lowest BCUT2D eigenvalue weighted by Crippen LogP contribution is -2.23. The van der Waals surface area contributed by atoms with Gasteiger partial charge >= 0.3 is 0 Å². The van der Waals surface area contributed by atoms with E-state index in [1.807, 2.05) is 30.3 Å². The Morgan fingerprint density at radius 1 is 1.07 bits per heavy atom. The number of nitrogens with one attached hydrogen (secondary N) is 1. The van der Waals surface area contributed by atoms with E-state index in [9.17, 15) is 13.2 Å². The summed E-state index contributed by atoms with van der Waals surface area (Å²) in [5.41, 5.74) is 1.87. The minimum Gasteiger partial charge on any atom is -0.312 e. The molecule has 0 aliphatic carbocycles. The molecular weight excluding hydrogens is 428 g/mol. The third kappa shape index (κ3) is 4.77. The van der Waals surface area contributed by atoms with Crippen LogP contribution in [0.5, 0.6) is 0 Å². The lowest BCUT2D eigenvalue weighted by Gasteiger charge is -2.15. The van der Waals surface area contributed by atoms with E-state index in [1.165, 1.54) is 35.2 Å². The van der Waals surface area contributed by atoms with Gasteiger partial charge in [0.1, 0.15) is 0 Å². The maximum absolute atomic E-state index is 12.6. The van der Waals surface area contributed by atoms with E-state index >= 15 is 0 Å². The first-order valence-electron chi connectivity index (χ1n) is 8.95. The normalized spacial score (nSPS) is 14.3. The standard InChI is InChI=1S/C19H18N4O3S3/c24-17-7-4-12-23(17)15-8-10-16(11-9-15)29(25,26)22-18-20-21-19(28-18)27-13-14-5-2-1-3-6-14/h1-3,5-6,8-11H,4,7,12-13H2,(H,20,22). The van der Waals surface area contributed by atoms with Crippen LogP contribution >= 0.6 is 23.1 Å². The van der Waals surface area contributed by atoms with E-state index in [0.717, 1.165) is 17.7 Å². The van der Waals surface area contributed by atoms with Gasteiger partial charge in [0, 0.05) is 24.4 Å². The van der Waals surface area contributed by atoms with Crippen molar-refractivity contribution < 1.29 is 13.2 Å². The lowest BCUT2D eigenvalue weighted by molar-refractivity contribution is -0.117. The number of sulfonamides is 1. The van der Waals surface area contributed by atoms with Gasteiger partial charge in [0.05, 0.1) is 4.90 Å². The van der Waals surface area contributed by atoms with Crippen LogP contribution in [0.25, 0.3) is 0 Å². The highest BCUT2D eigenvalue weighted by atomic mass is 32.2. The van der Waals surface area contributed by atoms with E-state index in [2.05, 4.69) is 14.9 Å². The Bertz CT molecular complexity index is 1100. The Morgan fingerprint density at radius 2 is 1.83 bits per heavy atom. The Morgan fingerprint density at radius 3 is 2.52 bits per heavy atom. The summed E-state index contributed by atoms with van der Waals surface area (Å²) in [6.07, 6.45) is 1.35. The number of carbonyl (C=O) groups excluding carboxylic acids is 1. The molecule has 0 spiro atoms. The fraction of sp³-hybridized carbons (Fsp3) is 0.211. The van der Waals surface area contributed by atoms with Crippen LogP contribution in [0, 0.1) is 0 Å². The Labute approximate surface area is 177 Å². The molecule has 0 unspecified atom stereocenters. The quantitative estimate of drug-likeness (QED) is 0.556. The molecule has 1 N–H and O–H groups in total. The SMILES string of the molecule is O=C1CCCN1c1ccc(S(=O)(=O)Nc2nnc(SCc3ccccc3)s2)cc1. The van der Waals surface area contributed by atoms with Gasteiger partial charge in [0.15, 0.2) is 4.34 Å². The van der Waals surface area contributed by atoms with Gasteiger partial charge in [-0.3, -0.25) is 9.52 Å². The van der Waals surface area contributed by atoms with Crippen molar-refractivity contribution in [3.63, 3.8) is 0 Å². The summed E-state index contributed by atoms with van der Waals surface area (Å²) in [4.78, 5) is 13.6. The Hall–Kier alpha value is -2.43. The second-order valence-electron chi connectivity index (χ2n) is 6.40. The summed E-state index contributed by atoms with van der Waals surface area (Å²) in [6.45, 7) is 0.664. The number of aromatic nitrogens is 2. The van der Waals surface area contributed by atoms with Crippen molar-refractivity contribution >= 4 is 49.8 Å². The van der Waals surface area contributed by atoms with E-state index in [4.69, 9.17) is 0 Å². The van der Waals surface area contributed by atoms with Crippen LogP contribution in [0.2, 0.25) is 0 Å². The van der Waals surface area contributed by atoms with Crippen LogP contribution in [-0.2, 0) is 20.6 Å². The molecule has 2 aromatic carbocycles. The molecule has 10 heteroatoms. The van der Waals surface area contributed by atoms with Crippen LogP contribution in [0.1, 0.15) is 18.4 Å². The Balaban J connectivity index is 1.41. The summed E-state index contributed by atoms with van der Waals surface area (Å²) < 4.78 is 28.4. The molecule has 29 heavy (non-hydrogen) atoms. The molecule has 1 aliphatic heterocycles. The average molecular weight is 447 g/mol. The minimum atomic E-state index is -3.78. The molecule has 1 amide bonds. The van der Waals surface area contributed by atoms with Crippen LogP contribution in [0.4, 0.5) is 10.8 Å². The number of anilines is 2. The van der Waals surface area contributed by atoms with E-state index in [0.29, 0.717) is 23.0 Å². The number of carbonyl (C=O) groups is 1. The van der Waals surface area contributed by atoms with Gasteiger partial charge in [-0.2, -0.15) is 0 Å². The summed E-state index contributed by atoms with van der Waals surface area (Å²) in [7, 11) is -3.78. The molecule has 1 aliphatic rings. The zero-order valence-electron chi connectivity index (χ0n) is 15.3. The van der Waals surface area contributed by atoms with Crippen molar-refractivity contribution in [1.82, 2.24) is 10.2 Å². The van der Waals surface area contributed by atoms with Crippen LogP contribution in [0.15, 0.2) is 63.8 Å². The molecule has 2 heterocycles. The highest BCUT2D eigenvalue weighted by molar-refractivity contribution is 8.00. The van der Waals surface area contributed by atoms with E-state index < -0.39 is 10.0 Å². The fourth-order valence-corrected chi connectivity index (χ4v) is 5.87. The van der Waals surface area contributed by atoms with Crippen LogP contribution < -0.4 is 9.62 Å². The molecule has 0 radical (unpaired) electrons. The van der Waals surface area contributed by atoms with Gasteiger partial charge < -0.3 is 4.90 Å². The third-order valence-electron chi connectivity index (χ3n) is 4.37. The van der Waals surface area contributed by atoms with Crippen LogP contribution in [0.3, 0.4) is 0 Å². The van der Waals surface area contributed by atoms with Gasteiger partial charge in [-0.15, -0.1) is 10.2 Å². The predicted molar refractivity (Wildman–Crippen MR) is 115 cm³/mol. The zero-order valence-corrected chi connectivity index (χ0v) is 17.8. The Kier molecular flexibility index (Phi) is 5.84. The number of thioether (sulfide) groups is 1. The van der Waals surface area contributed by atoms with E-state index in [-0.39, 0.29) is 15.9 Å². The first-order valence-corrected chi connectivity index (χ1v) is 12.2. The van der Waals surface area contributed by atoms with Gasteiger partial charge in [0.25, 0.3) is 10.0 Å². The molecule has 150 valence electrons. The molecule has 0 bridgehead atoms. The van der Waals surface area contributed by atoms with E-state index in [1.54, 1.807) is 17.0 Å². The van der Waals surface area contributed by atoms with Crippen molar-refractivity contribution in [3.05, 3.63) is 60.2 Å². The average Bonchev–Trinajstić information content (AvgIpc) is 3.35. The molecule has 1 saturated heterocycles. The summed E-state index contributed by atoms with van der Waals surface area (Å²) in [5, 5.41) is 8.20. The number of rotatable bonds is 7. The number of amides is 1. The summed E-state index contributed by atoms with van der Waals surface area (Å²) in [6, 6.07) is 16.2. The van der Waals surface area contributed by atoms with Gasteiger partial charge in [0.2, 0.25) is 11.0 Å². The molecule has 1 fully saturated rings. The largest absolute Gasteiger partial charge is 0.312 e. The topological polar surface area (TPSA) is 92.3 Å². The lowest BCUT2D eigenvalue weighted by atomic mass is 10.2. The molecule has 1 aromatic heterocycles. The number of hydrogen-bond acceptors (Lipinski definition) is 7. The fourth-order valence-electron chi connectivity index (χ4n) is 2.93. The monoisotopic (exact) mass is 446 g/mol. The van der Waals surface area contributed by atoms with Crippen LogP contribution in [-0.4, -0.2) is 31.1 Å². The minimum absolute atomic E-state index is 0.0631. The maximum Gasteiger partial charge on any atom is 0.263 e. The molecule has 3 aromatic rings. The van der Waals surface area contributed by atoms with Gasteiger partial charge in [-0.25, -0.2) is 8.42 Å². The number of nitrogens with zero attached hydrogens (tertiary/aromatic N) is 3. The van der Waals surface area contributed by atoms with Gasteiger partial charge in [-0.05, 0) is 36.2 Å². The molecule has 4 rings (SSSR count). The number of hydrogen-bond donors (Lipinski definition) is 1. The second kappa shape index (κ2) is 8.52. The highest BCUT2D eigenvalue weighted by Gasteiger charge is 2.23. The van der Waals surface area contributed by atoms with Gasteiger partial charge in [-0.1, -0.05) is 53.4 Å². The molecule has 7 nitrogen and oxygen atoms in total. The predicted octanol–water partition coefficient (Wildman–Crippen LogP) is 3.76. The second-order valence-corrected chi connectivity index (χ2v) is 10.3. The first-order chi connectivity index (χ1) is 14.0. The third-order valence-corrected chi connectivity index (χ3v) is 7.89. The smallest absolute Gasteiger partial charge is 0.263 e.